The molecule has 0 atom stereocenters. The second kappa shape index (κ2) is 6.52. The van der Waals surface area contributed by atoms with E-state index in [1.54, 1.807) is 12.1 Å². The van der Waals surface area contributed by atoms with Gasteiger partial charge in [0.15, 0.2) is 5.11 Å². The second-order valence-electron chi connectivity index (χ2n) is 4.80. The average molecular weight is 277 g/mol. The van der Waals surface area contributed by atoms with E-state index >= 15 is 0 Å². The molecule has 2 rings (SSSR count). The Labute approximate surface area is 118 Å². The molecule has 5 heteroatoms. The monoisotopic (exact) mass is 277 g/mol. The van der Waals surface area contributed by atoms with Gasteiger partial charge in [-0.05, 0) is 42.8 Å². The number of benzene rings is 1. The lowest BCUT2D eigenvalue weighted by molar-refractivity contribution is -0.255. The topological polar surface area (TPSA) is 64.2 Å². The largest absolute Gasteiger partial charge is 0.545 e. The zero-order chi connectivity index (χ0) is 13.7. The Bertz CT molecular complexity index is 453. The van der Waals surface area contributed by atoms with Crippen LogP contribution in [0.4, 0.5) is 5.69 Å². The lowest BCUT2D eigenvalue weighted by Gasteiger charge is -2.24. The quantitative estimate of drug-likeness (QED) is 0.823. The number of hydrogen-bond donors (Lipinski definition) is 2. The molecular formula is C14H17N2O2S-. The Morgan fingerprint density at radius 2 is 1.79 bits per heavy atom. The van der Waals surface area contributed by atoms with Crippen molar-refractivity contribution in [1.82, 2.24) is 5.32 Å². The number of nitrogens with one attached hydrogen (secondary N) is 2. The van der Waals surface area contributed by atoms with Gasteiger partial charge in [-0.25, -0.2) is 0 Å². The summed E-state index contributed by atoms with van der Waals surface area (Å²) in [6, 6.07) is 6.82. The number of carboxylic acids is 1. The highest BCUT2D eigenvalue weighted by Crippen LogP contribution is 2.17. The summed E-state index contributed by atoms with van der Waals surface area (Å²) >= 11 is 5.25. The van der Waals surface area contributed by atoms with Crippen LogP contribution < -0.4 is 15.7 Å². The molecule has 1 fully saturated rings. The maximum absolute atomic E-state index is 10.6. The summed E-state index contributed by atoms with van der Waals surface area (Å²) in [6.07, 6.45) is 6.13. The standard InChI is InChI=1S/C14H18N2O2S/c17-13(18)10-6-8-12(9-7-10)16-14(19)15-11-4-2-1-3-5-11/h6-9,11H,1-5H2,(H,17,18)(H2,15,16,19)/p-1. The number of rotatable bonds is 3. The maximum Gasteiger partial charge on any atom is 0.170 e. The summed E-state index contributed by atoms with van der Waals surface area (Å²) in [6.45, 7) is 0. The molecule has 0 bridgehead atoms. The maximum atomic E-state index is 10.6. The molecule has 0 radical (unpaired) electrons. The minimum Gasteiger partial charge on any atom is -0.545 e. The Hall–Kier alpha value is -1.62. The van der Waals surface area contributed by atoms with Gasteiger partial charge in [-0.15, -0.1) is 0 Å². The van der Waals surface area contributed by atoms with Crippen LogP contribution in [0.1, 0.15) is 42.5 Å². The molecule has 1 aromatic rings. The number of hydrogen-bond acceptors (Lipinski definition) is 3. The summed E-state index contributed by atoms with van der Waals surface area (Å²) in [7, 11) is 0. The summed E-state index contributed by atoms with van der Waals surface area (Å²) in [5.41, 5.74) is 0.940. The molecule has 0 saturated heterocycles. The summed E-state index contributed by atoms with van der Waals surface area (Å²) in [4.78, 5) is 10.6. The van der Waals surface area contributed by atoms with Gasteiger partial charge >= 0.3 is 0 Å². The first kappa shape index (κ1) is 13.8. The molecule has 1 saturated carbocycles. The van der Waals surface area contributed by atoms with E-state index < -0.39 is 5.97 Å². The number of carboxylic acid groups (broad SMARTS) is 1. The molecule has 0 aromatic heterocycles. The molecule has 2 N–H and O–H groups in total. The third-order valence-corrected chi connectivity index (χ3v) is 3.54. The molecule has 4 nitrogen and oxygen atoms in total. The Morgan fingerprint density at radius 1 is 1.16 bits per heavy atom. The molecular weight excluding hydrogens is 260 g/mol. The first-order chi connectivity index (χ1) is 9.15. The first-order valence-corrected chi connectivity index (χ1v) is 6.95. The normalized spacial score (nSPS) is 15.8. The molecule has 0 unspecified atom stereocenters. The smallest absolute Gasteiger partial charge is 0.170 e. The number of carbonyl (C=O) groups excluding carboxylic acids is 1. The second-order valence-corrected chi connectivity index (χ2v) is 5.21. The van der Waals surface area contributed by atoms with Crippen molar-refractivity contribution < 1.29 is 9.90 Å². The minimum atomic E-state index is -1.17. The van der Waals surface area contributed by atoms with Gasteiger partial charge in [-0.2, -0.15) is 0 Å². The van der Waals surface area contributed by atoms with Crippen LogP contribution in [-0.2, 0) is 0 Å². The third-order valence-electron chi connectivity index (χ3n) is 3.32. The fourth-order valence-corrected chi connectivity index (χ4v) is 2.57. The highest BCUT2D eigenvalue weighted by atomic mass is 32.1. The zero-order valence-corrected chi connectivity index (χ0v) is 11.5. The first-order valence-electron chi connectivity index (χ1n) is 6.54. The molecule has 19 heavy (non-hydrogen) atoms. The Balaban J connectivity index is 1.85. The highest BCUT2D eigenvalue weighted by molar-refractivity contribution is 7.80. The van der Waals surface area contributed by atoms with E-state index in [0.717, 1.165) is 18.5 Å². The van der Waals surface area contributed by atoms with Crippen molar-refractivity contribution in [2.75, 3.05) is 5.32 Å². The van der Waals surface area contributed by atoms with Crippen LogP contribution >= 0.6 is 12.2 Å². The van der Waals surface area contributed by atoms with E-state index in [2.05, 4.69) is 10.6 Å². The predicted octanol–water partition coefficient (Wildman–Crippen LogP) is 1.67. The molecule has 1 aliphatic carbocycles. The van der Waals surface area contributed by atoms with Crippen LogP contribution in [0.25, 0.3) is 0 Å². The molecule has 0 amide bonds. The average Bonchev–Trinajstić information content (AvgIpc) is 2.40. The van der Waals surface area contributed by atoms with Gasteiger partial charge in [-0.3, -0.25) is 0 Å². The zero-order valence-electron chi connectivity index (χ0n) is 10.6. The van der Waals surface area contributed by atoms with Crippen molar-refractivity contribution in [2.24, 2.45) is 0 Å². The third kappa shape index (κ3) is 4.21. The molecule has 1 aromatic carbocycles. The molecule has 0 aliphatic heterocycles. The Kier molecular flexibility index (Phi) is 4.74. The van der Waals surface area contributed by atoms with Gasteiger partial charge in [0.1, 0.15) is 0 Å². The fourth-order valence-electron chi connectivity index (χ4n) is 2.29. The van der Waals surface area contributed by atoms with Crippen molar-refractivity contribution in [3.63, 3.8) is 0 Å². The van der Waals surface area contributed by atoms with Crippen LogP contribution in [0.2, 0.25) is 0 Å². The summed E-state index contributed by atoms with van der Waals surface area (Å²) in [5.74, 6) is -1.17. The van der Waals surface area contributed by atoms with Crippen LogP contribution in [0.15, 0.2) is 24.3 Å². The van der Waals surface area contributed by atoms with Gasteiger partial charge in [0, 0.05) is 11.7 Å². The van der Waals surface area contributed by atoms with Gasteiger partial charge < -0.3 is 20.5 Å². The van der Waals surface area contributed by atoms with Crippen molar-refractivity contribution in [2.45, 2.75) is 38.1 Å². The van der Waals surface area contributed by atoms with E-state index in [0.29, 0.717) is 11.2 Å². The van der Waals surface area contributed by atoms with E-state index in [9.17, 15) is 9.90 Å². The number of thiocarbonyl (C=S) groups is 1. The van der Waals surface area contributed by atoms with Gasteiger partial charge in [0.05, 0.1) is 5.97 Å². The lowest BCUT2D eigenvalue weighted by Crippen LogP contribution is -2.38. The van der Waals surface area contributed by atoms with Crippen LogP contribution in [0.5, 0.6) is 0 Å². The number of aromatic carboxylic acids is 1. The summed E-state index contributed by atoms with van der Waals surface area (Å²) in [5, 5.41) is 17.6. The van der Waals surface area contributed by atoms with Crippen LogP contribution in [0.3, 0.4) is 0 Å². The predicted molar refractivity (Wildman–Crippen MR) is 77.0 cm³/mol. The van der Waals surface area contributed by atoms with Crippen molar-refractivity contribution in [3.05, 3.63) is 29.8 Å². The molecule has 0 heterocycles. The van der Waals surface area contributed by atoms with E-state index in [1.807, 2.05) is 0 Å². The SMILES string of the molecule is O=C([O-])c1ccc(NC(=S)NC2CCCCC2)cc1. The highest BCUT2D eigenvalue weighted by Gasteiger charge is 2.13. The van der Waals surface area contributed by atoms with Crippen molar-refractivity contribution >= 4 is 29.0 Å². The molecule has 102 valence electrons. The number of anilines is 1. The van der Waals surface area contributed by atoms with E-state index in [4.69, 9.17) is 12.2 Å². The van der Waals surface area contributed by atoms with Crippen molar-refractivity contribution in [1.29, 1.82) is 0 Å². The lowest BCUT2D eigenvalue weighted by atomic mass is 9.96. The fraction of sp³-hybridized carbons (Fsp3) is 0.429. The van der Waals surface area contributed by atoms with Gasteiger partial charge in [-0.1, -0.05) is 31.4 Å². The molecule has 1 aliphatic rings. The van der Waals surface area contributed by atoms with Gasteiger partial charge in [0.25, 0.3) is 0 Å². The summed E-state index contributed by atoms with van der Waals surface area (Å²) < 4.78 is 0. The minimum absolute atomic E-state index is 0.164. The Morgan fingerprint density at radius 3 is 2.37 bits per heavy atom. The van der Waals surface area contributed by atoms with E-state index in [-0.39, 0.29) is 5.56 Å². The van der Waals surface area contributed by atoms with Gasteiger partial charge in [0.2, 0.25) is 0 Å². The van der Waals surface area contributed by atoms with Crippen molar-refractivity contribution in [3.8, 4) is 0 Å². The van der Waals surface area contributed by atoms with Crippen LogP contribution in [0, 0.1) is 0 Å². The van der Waals surface area contributed by atoms with E-state index in [1.165, 1.54) is 31.4 Å². The van der Waals surface area contributed by atoms with Crippen LogP contribution in [-0.4, -0.2) is 17.1 Å². The number of carbonyl (C=O) groups is 1. The molecule has 0 spiro atoms.